The van der Waals surface area contributed by atoms with Gasteiger partial charge in [-0.1, -0.05) is 5.21 Å². The lowest BCUT2D eigenvalue weighted by atomic mass is 10.3. The number of anilines is 1. The van der Waals surface area contributed by atoms with E-state index in [1.807, 2.05) is 6.92 Å². The summed E-state index contributed by atoms with van der Waals surface area (Å²) < 4.78 is 12.5. The predicted octanol–water partition coefficient (Wildman–Crippen LogP) is 0.977. The van der Waals surface area contributed by atoms with Gasteiger partial charge in [0.15, 0.2) is 23.6 Å². The van der Waals surface area contributed by atoms with E-state index in [2.05, 4.69) is 25.2 Å². The van der Waals surface area contributed by atoms with Gasteiger partial charge < -0.3 is 19.3 Å². The number of carbonyl (C=O) groups is 1. The number of aromatic nitrogens is 5. The third kappa shape index (κ3) is 3.91. The second kappa shape index (κ2) is 8.29. The maximum Gasteiger partial charge on any atom is 0.260 e. The highest BCUT2D eigenvalue weighted by molar-refractivity contribution is 5.83. The molecule has 1 aliphatic rings. The molecule has 1 aromatic carbocycles. The molecule has 4 rings (SSSR count). The minimum absolute atomic E-state index is 0.00884. The third-order valence-corrected chi connectivity index (χ3v) is 4.93. The van der Waals surface area contributed by atoms with Gasteiger partial charge in [0.05, 0.1) is 7.11 Å². The molecule has 1 fully saturated rings. The van der Waals surface area contributed by atoms with Crippen LogP contribution in [0.15, 0.2) is 30.6 Å². The molecule has 0 unspecified atom stereocenters. The van der Waals surface area contributed by atoms with Crippen molar-refractivity contribution in [3.63, 3.8) is 0 Å². The quantitative estimate of drug-likeness (QED) is 0.607. The molecule has 0 atom stereocenters. The topological polar surface area (TPSA) is 98.5 Å². The average molecular weight is 397 g/mol. The number of carbonyl (C=O) groups excluding carboxylic acids is 1. The zero-order chi connectivity index (χ0) is 20.2. The zero-order valence-electron chi connectivity index (χ0n) is 16.5. The molecule has 3 aromatic rings. The van der Waals surface area contributed by atoms with Crippen molar-refractivity contribution in [1.29, 1.82) is 0 Å². The van der Waals surface area contributed by atoms with Crippen LogP contribution in [0.2, 0.25) is 0 Å². The normalized spacial score (nSPS) is 14.3. The number of hydrogen-bond acceptors (Lipinski definition) is 8. The van der Waals surface area contributed by atoms with Crippen molar-refractivity contribution in [2.45, 2.75) is 13.5 Å². The summed E-state index contributed by atoms with van der Waals surface area (Å²) in [6.45, 7) is 5.22. The molecule has 1 amide bonds. The van der Waals surface area contributed by atoms with Crippen molar-refractivity contribution in [2.24, 2.45) is 0 Å². The van der Waals surface area contributed by atoms with E-state index in [1.165, 1.54) is 6.33 Å². The molecular weight excluding hydrogens is 374 g/mol. The van der Waals surface area contributed by atoms with Gasteiger partial charge in [-0.05, 0) is 31.2 Å². The number of hydrogen-bond donors (Lipinski definition) is 0. The molecule has 10 heteroatoms. The van der Waals surface area contributed by atoms with Gasteiger partial charge in [0, 0.05) is 32.7 Å². The van der Waals surface area contributed by atoms with Gasteiger partial charge in [-0.2, -0.15) is 0 Å². The first-order valence-corrected chi connectivity index (χ1v) is 9.53. The Morgan fingerprint density at radius 2 is 1.79 bits per heavy atom. The van der Waals surface area contributed by atoms with Gasteiger partial charge in [0.1, 0.15) is 17.8 Å². The molecule has 0 radical (unpaired) electrons. The Morgan fingerprint density at radius 3 is 2.48 bits per heavy atom. The molecule has 0 spiro atoms. The maximum absolute atomic E-state index is 12.5. The second-order valence-corrected chi connectivity index (χ2v) is 6.61. The van der Waals surface area contributed by atoms with E-state index < -0.39 is 0 Å². The lowest BCUT2D eigenvalue weighted by molar-refractivity contribution is -0.133. The Kier molecular flexibility index (Phi) is 5.41. The number of benzene rings is 1. The summed E-state index contributed by atoms with van der Waals surface area (Å²) in [5.74, 6) is 2.11. The van der Waals surface area contributed by atoms with Gasteiger partial charge in [-0.15, -0.1) is 5.10 Å². The second-order valence-electron chi connectivity index (χ2n) is 6.61. The summed E-state index contributed by atoms with van der Waals surface area (Å²) in [5, 5.41) is 8.36. The third-order valence-electron chi connectivity index (χ3n) is 4.93. The number of amides is 1. The Balaban J connectivity index is 1.34. The lowest BCUT2D eigenvalue weighted by Crippen LogP contribution is -2.50. The molecule has 0 saturated carbocycles. The highest BCUT2D eigenvalue weighted by Gasteiger charge is 2.24. The minimum atomic E-state index is -0.0368. The molecule has 0 bridgehead atoms. The fraction of sp³-hybridized carbons (Fsp3) is 0.421. The van der Waals surface area contributed by atoms with Crippen molar-refractivity contribution >= 4 is 22.9 Å². The monoisotopic (exact) mass is 397 g/mol. The number of aryl methyl sites for hydroxylation is 1. The molecule has 2 aromatic heterocycles. The Labute approximate surface area is 168 Å². The van der Waals surface area contributed by atoms with Crippen LogP contribution in [0.1, 0.15) is 6.92 Å². The Morgan fingerprint density at radius 1 is 1.07 bits per heavy atom. The van der Waals surface area contributed by atoms with E-state index in [0.717, 1.165) is 17.2 Å². The van der Waals surface area contributed by atoms with Crippen LogP contribution >= 0.6 is 0 Å². The highest BCUT2D eigenvalue weighted by Crippen LogP contribution is 2.22. The summed E-state index contributed by atoms with van der Waals surface area (Å²) in [6, 6.07) is 7.17. The minimum Gasteiger partial charge on any atom is -0.497 e. The number of fused-ring (bicyclic) bond motifs is 1. The lowest BCUT2D eigenvalue weighted by Gasteiger charge is -2.35. The Hall–Kier alpha value is -3.43. The molecule has 0 aliphatic carbocycles. The first-order valence-electron chi connectivity index (χ1n) is 9.53. The van der Waals surface area contributed by atoms with Gasteiger partial charge in [0.2, 0.25) is 0 Å². The number of ether oxygens (including phenoxy) is 2. The smallest absolute Gasteiger partial charge is 0.260 e. The van der Waals surface area contributed by atoms with Crippen LogP contribution in [0, 0.1) is 0 Å². The van der Waals surface area contributed by atoms with E-state index in [1.54, 1.807) is 41.0 Å². The average Bonchev–Trinajstić information content (AvgIpc) is 3.21. The number of methoxy groups -OCH3 is 1. The molecule has 10 nitrogen and oxygen atoms in total. The van der Waals surface area contributed by atoms with Crippen LogP contribution in [0.4, 0.5) is 5.82 Å². The largest absolute Gasteiger partial charge is 0.497 e. The van der Waals surface area contributed by atoms with Crippen molar-refractivity contribution in [3.05, 3.63) is 30.6 Å². The van der Waals surface area contributed by atoms with Crippen molar-refractivity contribution in [2.75, 3.05) is 44.8 Å². The number of nitrogens with zero attached hydrogens (tertiary/aromatic N) is 7. The highest BCUT2D eigenvalue weighted by atomic mass is 16.5. The van der Waals surface area contributed by atoms with Crippen LogP contribution in [0.25, 0.3) is 11.2 Å². The summed E-state index contributed by atoms with van der Waals surface area (Å²) in [4.78, 5) is 25.1. The fourth-order valence-corrected chi connectivity index (χ4v) is 3.30. The van der Waals surface area contributed by atoms with Crippen molar-refractivity contribution in [3.8, 4) is 11.5 Å². The van der Waals surface area contributed by atoms with E-state index >= 15 is 0 Å². The molecule has 0 N–H and O–H groups in total. The number of piperazine rings is 1. The van der Waals surface area contributed by atoms with Gasteiger partial charge in [0.25, 0.3) is 5.91 Å². The summed E-state index contributed by atoms with van der Waals surface area (Å²) in [6.07, 6.45) is 1.54. The van der Waals surface area contributed by atoms with Gasteiger partial charge in [-0.3, -0.25) is 4.79 Å². The van der Waals surface area contributed by atoms with E-state index in [0.29, 0.717) is 44.0 Å². The molecule has 1 saturated heterocycles. The summed E-state index contributed by atoms with van der Waals surface area (Å²) in [7, 11) is 1.61. The maximum atomic E-state index is 12.5. The van der Waals surface area contributed by atoms with Gasteiger partial charge >= 0.3 is 0 Å². The van der Waals surface area contributed by atoms with E-state index in [9.17, 15) is 4.79 Å². The van der Waals surface area contributed by atoms with Crippen molar-refractivity contribution in [1.82, 2.24) is 29.9 Å². The van der Waals surface area contributed by atoms with Gasteiger partial charge in [-0.25, -0.2) is 14.6 Å². The van der Waals surface area contributed by atoms with Crippen LogP contribution in [0.3, 0.4) is 0 Å². The standard InChI is InChI=1S/C19H23N7O3/c1-3-26-19-17(22-23-26)18(20-13-21-19)25-10-8-24(9-11-25)16(27)12-29-15-6-4-14(28-2)5-7-15/h4-7,13H,3,8-12H2,1-2H3. The van der Waals surface area contributed by atoms with E-state index in [4.69, 9.17) is 9.47 Å². The molecule has 1 aliphatic heterocycles. The summed E-state index contributed by atoms with van der Waals surface area (Å²) in [5.41, 5.74) is 1.42. The van der Waals surface area contributed by atoms with E-state index in [-0.39, 0.29) is 12.5 Å². The first-order chi connectivity index (χ1) is 14.2. The summed E-state index contributed by atoms with van der Waals surface area (Å²) >= 11 is 0. The first kappa shape index (κ1) is 18.9. The SMILES string of the molecule is CCn1nnc2c(N3CCN(C(=O)COc4ccc(OC)cc4)CC3)ncnc21. The molecule has 3 heterocycles. The Bertz CT molecular complexity index is 981. The zero-order valence-corrected chi connectivity index (χ0v) is 16.5. The van der Waals surface area contributed by atoms with Crippen LogP contribution in [0.5, 0.6) is 11.5 Å². The molecular formula is C19H23N7O3. The van der Waals surface area contributed by atoms with Crippen LogP contribution in [-0.4, -0.2) is 75.7 Å². The van der Waals surface area contributed by atoms with Crippen molar-refractivity contribution < 1.29 is 14.3 Å². The van der Waals surface area contributed by atoms with Crippen LogP contribution in [-0.2, 0) is 11.3 Å². The molecule has 29 heavy (non-hydrogen) atoms. The number of rotatable bonds is 6. The molecule has 152 valence electrons. The predicted molar refractivity (Wildman–Crippen MR) is 106 cm³/mol. The van der Waals surface area contributed by atoms with Crippen LogP contribution < -0.4 is 14.4 Å². The fourth-order valence-electron chi connectivity index (χ4n) is 3.30.